The van der Waals surface area contributed by atoms with Crippen LogP contribution in [0.3, 0.4) is 0 Å². The van der Waals surface area contributed by atoms with Crippen molar-refractivity contribution in [3.05, 3.63) is 0 Å². The van der Waals surface area contributed by atoms with Gasteiger partial charge in [-0.2, -0.15) is 0 Å². The molecule has 0 aromatic rings. The molecule has 214 valence electrons. The molecule has 1 saturated heterocycles. The van der Waals surface area contributed by atoms with Crippen LogP contribution in [0.25, 0.3) is 0 Å². The van der Waals surface area contributed by atoms with Crippen LogP contribution >= 0.6 is 0 Å². The molecule has 36 heavy (non-hydrogen) atoms. The summed E-state index contributed by atoms with van der Waals surface area (Å²) in [6, 6.07) is 0. The molecule has 0 saturated carbocycles. The highest BCUT2D eigenvalue weighted by Gasteiger charge is 2.45. The lowest BCUT2D eigenvalue weighted by Crippen LogP contribution is -2.59. The van der Waals surface area contributed by atoms with Gasteiger partial charge in [0.1, 0.15) is 31.0 Å². The second-order valence-corrected chi connectivity index (χ2v) is 10.8. The molecule has 1 unspecified atom stereocenters. The van der Waals surface area contributed by atoms with Gasteiger partial charge >= 0.3 is 5.97 Å². The number of unbranched alkanes of at least 4 members (excludes halogenated alkanes) is 16. The molecular weight excluding hydrogens is 460 g/mol. The highest BCUT2D eigenvalue weighted by Crippen LogP contribution is 2.23. The van der Waals surface area contributed by atoms with Crippen molar-refractivity contribution in [1.29, 1.82) is 0 Å². The number of ether oxygens (including phenoxy) is 3. The van der Waals surface area contributed by atoms with Crippen LogP contribution in [0.5, 0.6) is 0 Å². The van der Waals surface area contributed by atoms with Gasteiger partial charge in [0.05, 0.1) is 6.10 Å². The SMILES string of the molecule is CCCCCCCCCCCCCCCCCCCC(=O)OC[C@H]1OC(OC(C)C)[C@H](O)[C@@H](O)[C@@H]1O. The van der Waals surface area contributed by atoms with Crippen LogP contribution in [0, 0.1) is 0 Å². The predicted octanol–water partition coefficient (Wildman–Crippen LogP) is 5.80. The summed E-state index contributed by atoms with van der Waals surface area (Å²) in [7, 11) is 0. The Balaban J connectivity index is 1.95. The van der Waals surface area contributed by atoms with Gasteiger partial charge in [-0.3, -0.25) is 4.79 Å². The van der Waals surface area contributed by atoms with E-state index < -0.39 is 30.7 Å². The normalized spacial score (nSPS) is 24.4. The largest absolute Gasteiger partial charge is 0.463 e. The van der Waals surface area contributed by atoms with E-state index in [9.17, 15) is 20.1 Å². The summed E-state index contributed by atoms with van der Waals surface area (Å²) in [5.41, 5.74) is 0. The number of carbonyl (C=O) groups excluding carboxylic acids is 1. The van der Waals surface area contributed by atoms with E-state index in [1.165, 1.54) is 89.9 Å². The van der Waals surface area contributed by atoms with Gasteiger partial charge in [-0.15, -0.1) is 0 Å². The molecule has 0 aromatic carbocycles. The maximum Gasteiger partial charge on any atom is 0.305 e. The second-order valence-electron chi connectivity index (χ2n) is 10.8. The molecule has 1 aliphatic rings. The third kappa shape index (κ3) is 15.5. The number of hydrogen-bond donors (Lipinski definition) is 3. The summed E-state index contributed by atoms with van der Waals surface area (Å²) in [6.45, 7) is 5.65. The lowest BCUT2D eigenvalue weighted by Gasteiger charge is -2.40. The third-order valence-electron chi connectivity index (χ3n) is 6.97. The van der Waals surface area contributed by atoms with E-state index in [2.05, 4.69) is 6.92 Å². The van der Waals surface area contributed by atoms with Crippen molar-refractivity contribution < 1.29 is 34.3 Å². The first-order chi connectivity index (χ1) is 17.4. The molecule has 7 nitrogen and oxygen atoms in total. The van der Waals surface area contributed by atoms with Gasteiger partial charge in [-0.05, 0) is 20.3 Å². The fourth-order valence-electron chi connectivity index (χ4n) is 4.68. The van der Waals surface area contributed by atoms with Crippen molar-refractivity contribution in [2.24, 2.45) is 0 Å². The average Bonchev–Trinajstić information content (AvgIpc) is 2.85. The number of hydrogen-bond acceptors (Lipinski definition) is 7. The van der Waals surface area contributed by atoms with E-state index >= 15 is 0 Å². The van der Waals surface area contributed by atoms with E-state index in [-0.39, 0.29) is 18.7 Å². The maximum absolute atomic E-state index is 12.1. The topological polar surface area (TPSA) is 105 Å². The molecule has 0 radical (unpaired) electrons. The number of aliphatic hydroxyl groups is 3. The molecule has 1 heterocycles. The van der Waals surface area contributed by atoms with Crippen molar-refractivity contribution in [1.82, 2.24) is 0 Å². The van der Waals surface area contributed by atoms with Crippen molar-refractivity contribution in [3.8, 4) is 0 Å². The minimum atomic E-state index is -1.42. The first-order valence-electron chi connectivity index (χ1n) is 14.9. The van der Waals surface area contributed by atoms with E-state index in [1.807, 2.05) is 0 Å². The van der Waals surface area contributed by atoms with Crippen molar-refractivity contribution in [2.75, 3.05) is 6.61 Å². The van der Waals surface area contributed by atoms with E-state index in [0.717, 1.165) is 19.3 Å². The van der Waals surface area contributed by atoms with Gasteiger partial charge in [0.2, 0.25) is 0 Å². The molecule has 5 atom stereocenters. The Hall–Kier alpha value is -0.730. The lowest BCUT2D eigenvalue weighted by molar-refractivity contribution is -0.309. The number of rotatable bonds is 22. The number of carbonyl (C=O) groups is 1. The van der Waals surface area contributed by atoms with Crippen LogP contribution in [-0.4, -0.2) is 64.7 Å². The van der Waals surface area contributed by atoms with Gasteiger partial charge in [-0.1, -0.05) is 110 Å². The minimum absolute atomic E-state index is 0.180. The molecule has 1 aliphatic heterocycles. The van der Waals surface area contributed by atoms with Crippen molar-refractivity contribution in [2.45, 2.75) is 173 Å². The van der Waals surface area contributed by atoms with Gasteiger partial charge < -0.3 is 29.5 Å². The summed E-state index contributed by atoms with van der Waals surface area (Å²) < 4.78 is 16.2. The number of esters is 1. The van der Waals surface area contributed by atoms with Crippen molar-refractivity contribution in [3.63, 3.8) is 0 Å². The van der Waals surface area contributed by atoms with Crippen LogP contribution in [0.4, 0.5) is 0 Å². The highest BCUT2D eigenvalue weighted by molar-refractivity contribution is 5.69. The fourth-order valence-corrected chi connectivity index (χ4v) is 4.68. The zero-order chi connectivity index (χ0) is 26.6. The molecule has 0 spiro atoms. The van der Waals surface area contributed by atoms with Crippen LogP contribution in [0.1, 0.15) is 136 Å². The Morgan fingerprint density at radius 1 is 0.694 bits per heavy atom. The summed E-state index contributed by atoms with van der Waals surface area (Å²) in [6.07, 6.45) is 15.9. The van der Waals surface area contributed by atoms with Crippen LogP contribution in [-0.2, 0) is 19.0 Å². The van der Waals surface area contributed by atoms with E-state index in [0.29, 0.717) is 6.42 Å². The molecule has 0 aromatic heterocycles. The summed E-state index contributed by atoms with van der Waals surface area (Å²) in [5.74, 6) is -0.339. The molecule has 1 fully saturated rings. The second kappa shape index (κ2) is 21.2. The predicted molar refractivity (Wildman–Crippen MR) is 143 cm³/mol. The third-order valence-corrected chi connectivity index (χ3v) is 6.97. The smallest absolute Gasteiger partial charge is 0.305 e. The monoisotopic (exact) mass is 516 g/mol. The summed E-state index contributed by atoms with van der Waals surface area (Å²) in [5, 5.41) is 30.2. The zero-order valence-corrected chi connectivity index (χ0v) is 23.4. The summed E-state index contributed by atoms with van der Waals surface area (Å²) in [4.78, 5) is 12.1. The van der Waals surface area contributed by atoms with Gasteiger partial charge in [0.25, 0.3) is 0 Å². The molecule has 0 bridgehead atoms. The average molecular weight is 517 g/mol. The lowest BCUT2D eigenvalue weighted by atomic mass is 9.99. The Bertz CT molecular complexity index is 528. The standard InChI is InChI=1S/C29H56O7/c1-4-5-6-7-8-9-10-11-12-13-14-15-16-17-18-19-20-21-25(30)34-22-24-26(31)27(32)28(33)29(36-24)35-23(2)3/h23-24,26-29,31-33H,4-22H2,1-3H3/t24-,26-,27+,28-,29?/m1/s1. The Labute approximate surface area is 220 Å². The van der Waals surface area contributed by atoms with Crippen molar-refractivity contribution >= 4 is 5.97 Å². The summed E-state index contributed by atoms with van der Waals surface area (Å²) >= 11 is 0. The van der Waals surface area contributed by atoms with Crippen LogP contribution in [0.15, 0.2) is 0 Å². The first kappa shape index (κ1) is 33.3. The van der Waals surface area contributed by atoms with E-state index in [4.69, 9.17) is 14.2 Å². The van der Waals surface area contributed by atoms with Gasteiger partial charge in [-0.25, -0.2) is 0 Å². The van der Waals surface area contributed by atoms with Crippen LogP contribution < -0.4 is 0 Å². The zero-order valence-electron chi connectivity index (χ0n) is 23.4. The van der Waals surface area contributed by atoms with Gasteiger partial charge in [0.15, 0.2) is 6.29 Å². The minimum Gasteiger partial charge on any atom is -0.463 e. The Kier molecular flexibility index (Phi) is 19.6. The van der Waals surface area contributed by atoms with Gasteiger partial charge in [0, 0.05) is 6.42 Å². The molecule has 0 aliphatic carbocycles. The Morgan fingerprint density at radius 3 is 1.58 bits per heavy atom. The number of aliphatic hydroxyl groups excluding tert-OH is 3. The molecular formula is C29H56O7. The molecule has 0 amide bonds. The molecule has 7 heteroatoms. The fraction of sp³-hybridized carbons (Fsp3) is 0.966. The van der Waals surface area contributed by atoms with Crippen LogP contribution in [0.2, 0.25) is 0 Å². The quantitative estimate of drug-likeness (QED) is 0.123. The van der Waals surface area contributed by atoms with E-state index in [1.54, 1.807) is 13.8 Å². The molecule has 1 rings (SSSR count). The first-order valence-corrected chi connectivity index (χ1v) is 14.9. The Morgan fingerprint density at radius 2 is 1.14 bits per heavy atom. The highest BCUT2D eigenvalue weighted by atomic mass is 16.7. The maximum atomic E-state index is 12.1. The molecule has 3 N–H and O–H groups in total.